The average molecular weight is 765 g/mol. The van der Waals surface area contributed by atoms with Crippen LogP contribution in [0, 0.1) is 0 Å². The fourth-order valence-electron chi connectivity index (χ4n) is 3.31. The molecule has 0 aromatic heterocycles. The van der Waals surface area contributed by atoms with E-state index in [0.717, 1.165) is 13.4 Å². The van der Waals surface area contributed by atoms with Gasteiger partial charge in [-0.15, -0.1) is 0 Å². The Hall–Kier alpha value is -1.89. The van der Waals surface area contributed by atoms with Gasteiger partial charge in [-0.25, -0.2) is 0 Å². The van der Waals surface area contributed by atoms with Crippen molar-refractivity contribution in [3.8, 4) is 17.2 Å². The van der Waals surface area contributed by atoms with E-state index in [1.807, 2.05) is 18.2 Å². The molecule has 3 aromatic rings. The summed E-state index contributed by atoms with van der Waals surface area (Å²) in [6.45, 7) is 3.66. The monoisotopic (exact) mass is 761 g/mol. The molecule has 0 amide bonds. The molecule has 0 bridgehead atoms. The molecule has 11 heteroatoms. The zero-order valence-corrected chi connectivity index (χ0v) is 27.7. The van der Waals surface area contributed by atoms with Crippen molar-refractivity contribution in [1.29, 1.82) is 0 Å². The molecule has 0 spiro atoms. The van der Waals surface area contributed by atoms with Crippen LogP contribution >= 0.6 is 47.8 Å². The summed E-state index contributed by atoms with van der Waals surface area (Å²) >= 11 is 10.2. The van der Waals surface area contributed by atoms with E-state index in [1.165, 1.54) is 0 Å². The number of aromatic hydroxyl groups is 3. The van der Waals surface area contributed by atoms with E-state index >= 15 is 0 Å². The van der Waals surface area contributed by atoms with Gasteiger partial charge in [0.05, 0.1) is 19.6 Å². The Kier molecular flexibility index (Phi) is 14.4. The van der Waals surface area contributed by atoms with Gasteiger partial charge in [-0.05, 0) is 54.6 Å². The minimum Gasteiger partial charge on any atom is -0.507 e. The largest absolute Gasteiger partial charge is 0.507 e. The molecule has 0 saturated heterocycles. The molecule has 0 saturated carbocycles. The standard InChI is InChI=1S/C27H27Br3N4O3.Ga/c28-22-1-4-25(35)19(13-22)16-31-7-10-34(11-8-32-17-20-14-23(29)2-5-26(20)36)12-9-33-18-21-15-24(30)3-6-27(21)37;/h1-6,13-18,35-37H,7-12H2;. The second kappa shape index (κ2) is 16.9. The molecule has 0 heterocycles. The first-order chi connectivity index (χ1) is 17.8. The summed E-state index contributed by atoms with van der Waals surface area (Å²) in [5.41, 5.74) is 1.95. The first-order valence-corrected chi connectivity index (χ1v) is 13.9. The van der Waals surface area contributed by atoms with Crippen LogP contribution in [0.15, 0.2) is 83.0 Å². The van der Waals surface area contributed by atoms with Crippen molar-refractivity contribution >= 4 is 86.2 Å². The van der Waals surface area contributed by atoms with Crippen molar-refractivity contribution in [2.75, 3.05) is 39.3 Å². The number of phenols is 3. The second-order valence-electron chi connectivity index (χ2n) is 8.06. The number of aliphatic imine (C=N–C) groups is 3. The number of benzene rings is 3. The summed E-state index contributed by atoms with van der Waals surface area (Å²) in [4.78, 5) is 15.6. The van der Waals surface area contributed by atoms with Gasteiger partial charge < -0.3 is 15.3 Å². The Balaban J connectivity index is 0.00000507. The SMILES string of the molecule is Oc1ccc(Br)cc1C=NCCN(CCN=Cc1cc(Br)ccc1O)CCN=Cc1cc(Br)ccc1O.[Ga]. The fraction of sp³-hybridized carbons (Fsp3) is 0.222. The quantitative estimate of drug-likeness (QED) is 0.164. The third kappa shape index (κ3) is 11.1. The van der Waals surface area contributed by atoms with Gasteiger partial charge in [0, 0.05) is 88.2 Å². The van der Waals surface area contributed by atoms with E-state index < -0.39 is 0 Å². The topological polar surface area (TPSA) is 101 Å². The average Bonchev–Trinajstić information content (AvgIpc) is 2.87. The third-order valence-corrected chi connectivity index (χ3v) is 6.78. The van der Waals surface area contributed by atoms with E-state index in [1.54, 1.807) is 55.0 Å². The maximum atomic E-state index is 10.00. The molecule has 0 aliphatic rings. The Morgan fingerprint density at radius 3 is 1.13 bits per heavy atom. The Labute approximate surface area is 260 Å². The molecule has 7 nitrogen and oxygen atoms in total. The summed E-state index contributed by atoms with van der Waals surface area (Å²) in [5.74, 6) is 0.539. The molecule has 3 radical (unpaired) electrons. The molecule has 3 rings (SSSR count). The van der Waals surface area contributed by atoms with E-state index in [-0.39, 0.29) is 37.0 Å². The Bertz CT molecular complexity index is 1130. The molecule has 3 N–H and O–H groups in total. The molecule has 0 fully saturated rings. The fourth-order valence-corrected chi connectivity index (χ4v) is 4.44. The zero-order chi connectivity index (χ0) is 26.6. The van der Waals surface area contributed by atoms with Crippen LogP contribution in [-0.4, -0.2) is 97.9 Å². The summed E-state index contributed by atoms with van der Waals surface area (Å²) in [6, 6.07) is 15.6. The number of halogens is 3. The minimum atomic E-state index is 0. The van der Waals surface area contributed by atoms with Gasteiger partial charge in [-0.2, -0.15) is 0 Å². The van der Waals surface area contributed by atoms with Gasteiger partial charge in [-0.3, -0.25) is 19.9 Å². The Morgan fingerprint density at radius 2 is 0.842 bits per heavy atom. The van der Waals surface area contributed by atoms with E-state index in [2.05, 4.69) is 67.7 Å². The van der Waals surface area contributed by atoms with Crippen molar-refractivity contribution in [2.45, 2.75) is 0 Å². The summed E-state index contributed by atoms with van der Waals surface area (Å²) in [5, 5.41) is 30.0. The van der Waals surface area contributed by atoms with Crippen LogP contribution in [0.3, 0.4) is 0 Å². The van der Waals surface area contributed by atoms with E-state index in [9.17, 15) is 15.3 Å². The van der Waals surface area contributed by atoms with Crippen molar-refractivity contribution in [1.82, 2.24) is 4.90 Å². The van der Waals surface area contributed by atoms with Gasteiger partial charge >= 0.3 is 0 Å². The van der Waals surface area contributed by atoms with Gasteiger partial charge in [0.25, 0.3) is 0 Å². The van der Waals surface area contributed by atoms with Crippen molar-refractivity contribution < 1.29 is 15.3 Å². The number of hydrogen-bond acceptors (Lipinski definition) is 7. The summed E-state index contributed by atoms with van der Waals surface area (Å²) in [6.07, 6.45) is 5.00. The van der Waals surface area contributed by atoms with E-state index in [0.29, 0.717) is 56.0 Å². The summed E-state index contributed by atoms with van der Waals surface area (Å²) in [7, 11) is 0. The van der Waals surface area contributed by atoms with Crippen LogP contribution in [0.1, 0.15) is 16.7 Å². The molecule has 38 heavy (non-hydrogen) atoms. The van der Waals surface area contributed by atoms with Crippen LogP contribution in [0.4, 0.5) is 0 Å². The third-order valence-electron chi connectivity index (χ3n) is 5.30. The first kappa shape index (κ1) is 32.3. The van der Waals surface area contributed by atoms with Gasteiger partial charge in [0.2, 0.25) is 0 Å². The number of rotatable bonds is 12. The van der Waals surface area contributed by atoms with Crippen LogP contribution in [-0.2, 0) is 0 Å². The smallest absolute Gasteiger partial charge is 0.124 e. The van der Waals surface area contributed by atoms with Crippen molar-refractivity contribution in [3.05, 3.63) is 84.7 Å². The maximum Gasteiger partial charge on any atom is 0.124 e. The molecular weight excluding hydrogens is 738 g/mol. The molecule has 197 valence electrons. The van der Waals surface area contributed by atoms with Crippen molar-refractivity contribution in [2.24, 2.45) is 15.0 Å². The number of phenolic OH excluding ortho intramolecular Hbond substituents is 3. The normalized spacial score (nSPS) is 11.7. The second-order valence-corrected chi connectivity index (χ2v) is 10.8. The minimum absolute atomic E-state index is 0. The van der Waals surface area contributed by atoms with Crippen LogP contribution in [0.5, 0.6) is 17.2 Å². The molecule has 0 aliphatic heterocycles. The van der Waals surface area contributed by atoms with Gasteiger partial charge in [0.1, 0.15) is 17.2 Å². The van der Waals surface area contributed by atoms with Gasteiger partial charge in [-0.1, -0.05) is 47.8 Å². The van der Waals surface area contributed by atoms with Crippen LogP contribution in [0.2, 0.25) is 0 Å². The molecule has 0 unspecified atom stereocenters. The van der Waals surface area contributed by atoms with E-state index in [4.69, 9.17) is 0 Å². The molecular formula is C27H27Br3GaN4O3. The van der Waals surface area contributed by atoms with Crippen LogP contribution < -0.4 is 0 Å². The maximum absolute atomic E-state index is 10.00. The van der Waals surface area contributed by atoms with Gasteiger partial charge in [0.15, 0.2) is 0 Å². The molecule has 0 aliphatic carbocycles. The van der Waals surface area contributed by atoms with Crippen LogP contribution in [0.25, 0.3) is 0 Å². The Morgan fingerprint density at radius 1 is 0.553 bits per heavy atom. The first-order valence-electron chi connectivity index (χ1n) is 11.5. The number of nitrogens with zero attached hydrogens (tertiary/aromatic N) is 4. The predicted molar refractivity (Wildman–Crippen MR) is 167 cm³/mol. The number of hydrogen-bond donors (Lipinski definition) is 3. The molecule has 3 aromatic carbocycles. The predicted octanol–water partition coefficient (Wildman–Crippen LogP) is 5.67. The van der Waals surface area contributed by atoms with Crippen molar-refractivity contribution in [3.63, 3.8) is 0 Å². The summed E-state index contributed by atoms with van der Waals surface area (Å²) < 4.78 is 2.62. The molecule has 0 atom stereocenters. The zero-order valence-electron chi connectivity index (χ0n) is 20.5.